The molecule has 1 atom stereocenters. The van der Waals surface area contributed by atoms with Gasteiger partial charge in [-0.2, -0.15) is 0 Å². The highest BCUT2D eigenvalue weighted by Crippen LogP contribution is 2.37. The fraction of sp³-hybridized carbons (Fsp3) is 0.375. The molecule has 0 aliphatic heterocycles. The van der Waals surface area contributed by atoms with Crippen molar-refractivity contribution in [3.63, 3.8) is 0 Å². The van der Waals surface area contributed by atoms with E-state index in [-0.39, 0.29) is 5.38 Å². The Kier molecular flexibility index (Phi) is 4.08. The number of aryl methyl sites for hydroxylation is 2. The lowest BCUT2D eigenvalue weighted by Gasteiger charge is -2.08. The summed E-state index contributed by atoms with van der Waals surface area (Å²) in [6, 6.07) is 6.40. The summed E-state index contributed by atoms with van der Waals surface area (Å²) < 4.78 is 26.9. The summed E-state index contributed by atoms with van der Waals surface area (Å²) in [5, 5.41) is -0.290. The minimum absolute atomic E-state index is 0.290. The smallest absolute Gasteiger partial charge is 0.162 e. The second-order valence-electron chi connectivity index (χ2n) is 5.19. The number of hydrogen-bond acceptors (Lipinski definition) is 1. The molecule has 0 bridgehead atoms. The number of benzene rings is 1. The molecule has 0 saturated carbocycles. The minimum Gasteiger partial charge on any atom is -0.204 e. The van der Waals surface area contributed by atoms with Crippen LogP contribution >= 0.6 is 22.9 Å². The van der Waals surface area contributed by atoms with E-state index >= 15 is 0 Å². The molecule has 0 fully saturated rings. The lowest BCUT2D eigenvalue weighted by atomic mass is 9.98. The topological polar surface area (TPSA) is 0 Å². The van der Waals surface area contributed by atoms with Crippen LogP contribution in [0.1, 0.15) is 39.1 Å². The molecule has 0 N–H and O–H groups in total. The van der Waals surface area contributed by atoms with Crippen LogP contribution in [0.15, 0.2) is 24.3 Å². The normalized spacial score (nSPS) is 15.9. The summed E-state index contributed by atoms with van der Waals surface area (Å²) in [4.78, 5) is 2.49. The van der Waals surface area contributed by atoms with E-state index in [1.54, 1.807) is 17.4 Å². The first kappa shape index (κ1) is 14.0. The van der Waals surface area contributed by atoms with Gasteiger partial charge in [0.05, 0.1) is 5.38 Å². The van der Waals surface area contributed by atoms with Gasteiger partial charge < -0.3 is 0 Å². The zero-order valence-corrected chi connectivity index (χ0v) is 12.5. The molecule has 20 heavy (non-hydrogen) atoms. The van der Waals surface area contributed by atoms with Crippen molar-refractivity contribution in [1.29, 1.82) is 0 Å². The van der Waals surface area contributed by atoms with Crippen LogP contribution in [0.2, 0.25) is 0 Å². The molecule has 106 valence electrons. The zero-order chi connectivity index (χ0) is 14.1. The number of halogens is 3. The third-order valence-corrected chi connectivity index (χ3v) is 5.62. The van der Waals surface area contributed by atoms with Crippen LogP contribution in [-0.4, -0.2) is 0 Å². The van der Waals surface area contributed by atoms with Gasteiger partial charge in [-0.05, 0) is 55.4 Å². The molecule has 0 radical (unpaired) electrons. The first-order valence-electron chi connectivity index (χ1n) is 6.83. The average Bonchev–Trinajstić information content (AvgIpc) is 2.88. The lowest BCUT2D eigenvalue weighted by Crippen LogP contribution is -1.99. The maximum Gasteiger partial charge on any atom is 0.162 e. The van der Waals surface area contributed by atoms with E-state index in [1.165, 1.54) is 29.3 Å². The predicted molar refractivity (Wildman–Crippen MR) is 79.6 cm³/mol. The molecular formula is C16H15ClF2S. The van der Waals surface area contributed by atoms with Gasteiger partial charge in [0.2, 0.25) is 0 Å². The van der Waals surface area contributed by atoms with Crippen molar-refractivity contribution in [1.82, 2.24) is 0 Å². The van der Waals surface area contributed by atoms with Crippen molar-refractivity contribution in [3.05, 3.63) is 56.8 Å². The highest BCUT2D eigenvalue weighted by molar-refractivity contribution is 7.12. The quantitative estimate of drug-likeness (QED) is 0.663. The van der Waals surface area contributed by atoms with Crippen molar-refractivity contribution in [2.75, 3.05) is 0 Å². The average molecular weight is 313 g/mol. The fourth-order valence-electron chi connectivity index (χ4n) is 2.67. The van der Waals surface area contributed by atoms with Crippen molar-refractivity contribution in [3.8, 4) is 0 Å². The molecule has 0 amide bonds. The second-order valence-corrected chi connectivity index (χ2v) is 6.88. The largest absolute Gasteiger partial charge is 0.204 e. The monoisotopic (exact) mass is 312 g/mol. The standard InChI is InChI=1S/C16H15ClF2S/c17-12(8-11-5-3-6-13(18)16(11)19)15-9-10-4-1-2-7-14(10)20-15/h3,5-6,9,12H,1-2,4,7-8H2. The molecule has 4 heteroatoms. The van der Waals surface area contributed by atoms with E-state index in [4.69, 9.17) is 11.6 Å². The van der Waals surface area contributed by atoms with Gasteiger partial charge in [0.15, 0.2) is 11.6 Å². The summed E-state index contributed by atoms with van der Waals surface area (Å²) in [6.07, 6.45) is 5.03. The van der Waals surface area contributed by atoms with E-state index in [1.807, 2.05) is 0 Å². The molecule has 3 rings (SSSR count). The molecule has 1 heterocycles. The van der Waals surface area contributed by atoms with Gasteiger partial charge in [0, 0.05) is 9.75 Å². The molecule has 1 aromatic heterocycles. The third kappa shape index (κ3) is 2.75. The Morgan fingerprint density at radius 1 is 1.20 bits per heavy atom. The molecule has 1 aliphatic rings. The minimum atomic E-state index is -0.808. The van der Waals surface area contributed by atoms with Crippen LogP contribution in [0.4, 0.5) is 8.78 Å². The summed E-state index contributed by atoms with van der Waals surface area (Å²) in [7, 11) is 0. The zero-order valence-electron chi connectivity index (χ0n) is 11.0. The fourth-order valence-corrected chi connectivity index (χ4v) is 4.27. The van der Waals surface area contributed by atoms with Crippen LogP contribution < -0.4 is 0 Å². The van der Waals surface area contributed by atoms with Crippen LogP contribution in [0.3, 0.4) is 0 Å². The molecule has 1 aliphatic carbocycles. The second kappa shape index (κ2) is 5.82. The molecule has 2 aromatic rings. The first-order valence-corrected chi connectivity index (χ1v) is 8.09. The first-order chi connectivity index (χ1) is 9.65. The molecule has 0 saturated heterocycles. The Hall–Kier alpha value is -0.930. The van der Waals surface area contributed by atoms with Gasteiger partial charge in [-0.25, -0.2) is 8.78 Å². The molecule has 1 aromatic carbocycles. The van der Waals surface area contributed by atoms with Gasteiger partial charge in [-0.15, -0.1) is 22.9 Å². The summed E-state index contributed by atoms with van der Waals surface area (Å²) in [5.74, 6) is -1.59. The van der Waals surface area contributed by atoms with E-state index in [9.17, 15) is 8.78 Å². The maximum atomic E-state index is 13.7. The Bertz CT molecular complexity index is 597. The van der Waals surface area contributed by atoms with Gasteiger partial charge in [-0.1, -0.05) is 12.1 Å². The van der Waals surface area contributed by atoms with Gasteiger partial charge in [-0.3, -0.25) is 0 Å². The molecular weight excluding hydrogens is 298 g/mol. The van der Waals surface area contributed by atoms with Gasteiger partial charge in [0.1, 0.15) is 0 Å². The van der Waals surface area contributed by atoms with E-state index in [0.29, 0.717) is 12.0 Å². The lowest BCUT2D eigenvalue weighted by molar-refractivity contribution is 0.498. The number of fused-ring (bicyclic) bond motifs is 1. The Balaban J connectivity index is 1.80. The van der Waals surface area contributed by atoms with Crippen molar-refractivity contribution < 1.29 is 8.78 Å². The molecule has 0 spiro atoms. The van der Waals surface area contributed by atoms with Crippen LogP contribution in [-0.2, 0) is 19.3 Å². The van der Waals surface area contributed by atoms with E-state index in [0.717, 1.165) is 23.8 Å². The highest BCUT2D eigenvalue weighted by Gasteiger charge is 2.19. The van der Waals surface area contributed by atoms with Crippen molar-refractivity contribution in [2.45, 2.75) is 37.5 Å². The Morgan fingerprint density at radius 2 is 2.00 bits per heavy atom. The Morgan fingerprint density at radius 3 is 2.80 bits per heavy atom. The number of alkyl halides is 1. The summed E-state index contributed by atoms with van der Waals surface area (Å²) in [6.45, 7) is 0. The Labute approximate surface area is 126 Å². The third-order valence-electron chi connectivity index (χ3n) is 3.76. The molecule has 1 unspecified atom stereocenters. The van der Waals surface area contributed by atoms with E-state index in [2.05, 4.69) is 6.07 Å². The highest BCUT2D eigenvalue weighted by atomic mass is 35.5. The molecule has 0 nitrogen and oxygen atoms in total. The van der Waals surface area contributed by atoms with Crippen LogP contribution in [0.5, 0.6) is 0 Å². The summed E-state index contributed by atoms with van der Waals surface area (Å²) >= 11 is 8.13. The van der Waals surface area contributed by atoms with Crippen LogP contribution in [0.25, 0.3) is 0 Å². The maximum absolute atomic E-state index is 13.7. The number of hydrogen-bond donors (Lipinski definition) is 0. The van der Waals surface area contributed by atoms with Crippen molar-refractivity contribution in [2.24, 2.45) is 0 Å². The number of thiophene rings is 1. The predicted octanol–water partition coefficient (Wildman–Crippen LogP) is 5.43. The van der Waals surface area contributed by atoms with E-state index < -0.39 is 11.6 Å². The van der Waals surface area contributed by atoms with Gasteiger partial charge >= 0.3 is 0 Å². The van der Waals surface area contributed by atoms with Crippen molar-refractivity contribution >= 4 is 22.9 Å². The van der Waals surface area contributed by atoms with Gasteiger partial charge in [0.25, 0.3) is 0 Å². The van der Waals surface area contributed by atoms with Crippen LogP contribution in [0, 0.1) is 11.6 Å². The number of rotatable bonds is 3. The summed E-state index contributed by atoms with van der Waals surface area (Å²) in [5.41, 5.74) is 1.73. The SMILES string of the molecule is Fc1cccc(CC(Cl)c2cc3c(s2)CCCC3)c1F.